The van der Waals surface area contributed by atoms with Crippen LogP contribution in [-0.4, -0.2) is 52.5 Å². The number of hydrogen-bond acceptors (Lipinski definition) is 6. The molecule has 1 N–H and O–H groups in total. The topological polar surface area (TPSA) is 98.1 Å². The first-order chi connectivity index (χ1) is 16.7. The highest BCUT2D eigenvalue weighted by molar-refractivity contribution is 7.92. The zero-order valence-corrected chi connectivity index (χ0v) is 22.6. The molecule has 2 heterocycles. The monoisotopic (exact) mass is 512 g/mol. The summed E-state index contributed by atoms with van der Waals surface area (Å²) in [5, 5.41) is 3.20. The molecule has 2 aromatic carbocycles. The molecule has 36 heavy (non-hydrogen) atoms. The summed E-state index contributed by atoms with van der Waals surface area (Å²) in [4.78, 5) is 12.0. The lowest BCUT2D eigenvalue weighted by Gasteiger charge is -2.32. The summed E-state index contributed by atoms with van der Waals surface area (Å²) in [6, 6.07) is 13.0. The summed E-state index contributed by atoms with van der Waals surface area (Å²) in [7, 11) is -2.49. The number of furan rings is 1. The molecule has 1 amide bonds. The Hall–Kier alpha value is -2.82. The lowest BCUT2D eigenvalue weighted by Crippen LogP contribution is -2.41. The first-order valence-corrected chi connectivity index (χ1v) is 13.7. The van der Waals surface area contributed by atoms with Gasteiger partial charge in [0.05, 0.1) is 28.7 Å². The molecule has 1 aliphatic rings. The predicted molar refractivity (Wildman–Crippen MR) is 142 cm³/mol. The lowest BCUT2D eigenvalue weighted by molar-refractivity contribution is 0.00578. The van der Waals surface area contributed by atoms with Gasteiger partial charge in [-0.3, -0.25) is 9.10 Å². The Balaban J connectivity index is 1.55. The second kappa shape index (κ2) is 9.25. The normalized spacial score (nSPS) is 17.8. The molecule has 3 aromatic rings. The van der Waals surface area contributed by atoms with Gasteiger partial charge in [0.15, 0.2) is 0 Å². The van der Waals surface area contributed by atoms with Crippen LogP contribution in [0.5, 0.6) is 0 Å². The van der Waals surface area contributed by atoms with Crippen LogP contribution in [0.2, 0.25) is 0 Å². The van der Waals surface area contributed by atoms with Gasteiger partial charge < -0.3 is 19.0 Å². The number of hydrogen-bond donors (Lipinski definition) is 1. The highest BCUT2D eigenvalue weighted by Crippen LogP contribution is 2.36. The molecule has 0 radical (unpaired) electrons. The van der Waals surface area contributed by atoms with E-state index in [1.165, 1.54) is 16.8 Å². The van der Waals surface area contributed by atoms with Crippen molar-refractivity contribution in [1.82, 2.24) is 5.32 Å². The van der Waals surface area contributed by atoms with Crippen molar-refractivity contribution in [2.75, 3.05) is 24.2 Å². The van der Waals surface area contributed by atoms with E-state index in [1.807, 2.05) is 58.9 Å². The zero-order valence-electron chi connectivity index (χ0n) is 21.8. The van der Waals surface area contributed by atoms with E-state index >= 15 is 0 Å². The van der Waals surface area contributed by atoms with Crippen LogP contribution in [0.15, 0.2) is 53.1 Å². The van der Waals surface area contributed by atoms with Crippen LogP contribution in [0, 0.1) is 0 Å². The smallest absolute Gasteiger partial charge is 0.463 e. The van der Waals surface area contributed by atoms with E-state index in [0.29, 0.717) is 22.2 Å². The number of anilines is 1. The van der Waals surface area contributed by atoms with Gasteiger partial charge in [0.25, 0.3) is 5.91 Å². The van der Waals surface area contributed by atoms with Crippen molar-refractivity contribution in [3.05, 3.63) is 59.9 Å². The van der Waals surface area contributed by atoms with E-state index in [4.69, 9.17) is 13.7 Å². The Bertz CT molecular complexity index is 1370. The summed E-state index contributed by atoms with van der Waals surface area (Å²) < 4.78 is 44.7. The maximum absolute atomic E-state index is 12.7. The third kappa shape index (κ3) is 4.90. The number of nitrogens with zero attached hydrogens (tertiary/aromatic N) is 1. The molecule has 1 unspecified atom stereocenters. The highest BCUT2D eigenvalue weighted by Gasteiger charge is 2.51. The second-order valence-electron chi connectivity index (χ2n) is 10.4. The van der Waals surface area contributed by atoms with Crippen molar-refractivity contribution < 1.29 is 26.9 Å². The fourth-order valence-corrected chi connectivity index (χ4v) is 5.22. The van der Waals surface area contributed by atoms with Crippen LogP contribution in [0.25, 0.3) is 11.0 Å². The van der Waals surface area contributed by atoms with Crippen LogP contribution in [0.1, 0.15) is 56.5 Å². The molecular formula is C26H33BN2O6S. The van der Waals surface area contributed by atoms with E-state index in [1.54, 1.807) is 25.2 Å². The van der Waals surface area contributed by atoms with Gasteiger partial charge in [-0.1, -0.05) is 31.2 Å². The Morgan fingerprint density at radius 3 is 2.22 bits per heavy atom. The molecule has 1 atom stereocenters. The van der Waals surface area contributed by atoms with Crippen molar-refractivity contribution in [3.8, 4) is 0 Å². The second-order valence-corrected chi connectivity index (χ2v) is 12.3. The quantitative estimate of drug-likeness (QED) is 0.486. The van der Waals surface area contributed by atoms with Crippen molar-refractivity contribution in [3.63, 3.8) is 0 Å². The fraction of sp³-hybridized carbons (Fsp3) is 0.423. The molecule has 0 saturated carbocycles. The van der Waals surface area contributed by atoms with Gasteiger partial charge in [0.2, 0.25) is 10.0 Å². The average molecular weight is 512 g/mol. The van der Waals surface area contributed by atoms with E-state index in [2.05, 4.69) is 5.32 Å². The maximum Gasteiger partial charge on any atom is 0.494 e. The van der Waals surface area contributed by atoms with Crippen LogP contribution in [0.4, 0.5) is 5.69 Å². The summed E-state index contributed by atoms with van der Waals surface area (Å²) in [5.74, 6) is -0.361. The van der Waals surface area contributed by atoms with Gasteiger partial charge in [-0.05, 0) is 56.8 Å². The SMILES string of the molecule is CNC(=O)c1coc2cc(N(CC(C)c3ccc(B4OC(C)(C)C(C)(C)O4)cc3)S(C)(=O)=O)ccc12. The fourth-order valence-electron chi connectivity index (χ4n) is 4.23. The van der Waals surface area contributed by atoms with E-state index in [0.717, 1.165) is 11.0 Å². The van der Waals surface area contributed by atoms with E-state index in [-0.39, 0.29) is 18.4 Å². The molecule has 0 bridgehead atoms. The molecule has 0 aliphatic carbocycles. The molecule has 1 aliphatic heterocycles. The number of carbonyl (C=O) groups is 1. The summed E-state index contributed by atoms with van der Waals surface area (Å²) >= 11 is 0. The molecule has 1 aromatic heterocycles. The van der Waals surface area contributed by atoms with Crippen LogP contribution >= 0.6 is 0 Å². The predicted octanol–water partition coefficient (Wildman–Crippen LogP) is 3.66. The van der Waals surface area contributed by atoms with Gasteiger partial charge in [0, 0.05) is 25.0 Å². The van der Waals surface area contributed by atoms with Crippen molar-refractivity contribution in [2.45, 2.75) is 51.7 Å². The number of fused-ring (bicyclic) bond motifs is 1. The molecule has 0 spiro atoms. The first kappa shape index (κ1) is 26.3. The minimum absolute atomic E-state index is 0.0965. The Labute approximate surface area is 213 Å². The third-order valence-electron chi connectivity index (χ3n) is 7.19. The van der Waals surface area contributed by atoms with Crippen LogP contribution in [-0.2, 0) is 19.3 Å². The Morgan fingerprint density at radius 1 is 1.06 bits per heavy atom. The van der Waals surface area contributed by atoms with Gasteiger partial charge in [-0.15, -0.1) is 0 Å². The first-order valence-electron chi connectivity index (χ1n) is 11.9. The van der Waals surface area contributed by atoms with Gasteiger partial charge in [0.1, 0.15) is 11.8 Å². The number of sulfonamides is 1. The standard InChI is InChI=1S/C26H33BN2O6S/c1-17(18-8-10-19(11-9-18)27-34-25(2,3)26(4,5)35-27)15-29(36(7,31)32)20-12-13-21-22(24(30)28-6)16-33-23(21)14-20/h8-14,16-17H,15H2,1-7H3,(H,28,30). The molecule has 10 heteroatoms. The van der Waals surface area contributed by atoms with Crippen molar-refractivity contribution >= 4 is 45.2 Å². The summed E-state index contributed by atoms with van der Waals surface area (Å²) in [6.07, 6.45) is 2.56. The Morgan fingerprint density at radius 2 is 1.67 bits per heavy atom. The van der Waals surface area contributed by atoms with E-state index in [9.17, 15) is 13.2 Å². The van der Waals surface area contributed by atoms with Crippen LogP contribution < -0.4 is 15.1 Å². The van der Waals surface area contributed by atoms with Gasteiger partial charge in [-0.2, -0.15) is 0 Å². The molecule has 192 valence electrons. The number of nitrogens with one attached hydrogen (secondary N) is 1. The van der Waals surface area contributed by atoms with E-state index < -0.39 is 28.3 Å². The largest absolute Gasteiger partial charge is 0.494 e. The molecular weight excluding hydrogens is 479 g/mol. The molecule has 4 rings (SSSR count). The maximum atomic E-state index is 12.7. The van der Waals surface area contributed by atoms with Crippen molar-refractivity contribution in [1.29, 1.82) is 0 Å². The molecule has 1 fully saturated rings. The lowest BCUT2D eigenvalue weighted by atomic mass is 9.78. The average Bonchev–Trinajstić information content (AvgIpc) is 3.32. The van der Waals surface area contributed by atoms with Crippen LogP contribution in [0.3, 0.4) is 0 Å². The van der Waals surface area contributed by atoms with Crippen molar-refractivity contribution in [2.24, 2.45) is 0 Å². The number of amides is 1. The minimum Gasteiger partial charge on any atom is -0.463 e. The molecule has 1 saturated heterocycles. The zero-order chi connectivity index (χ0) is 26.5. The molecule has 8 nitrogen and oxygen atoms in total. The Kier molecular flexibility index (Phi) is 6.74. The summed E-state index contributed by atoms with van der Waals surface area (Å²) in [6.45, 7) is 10.3. The number of carbonyl (C=O) groups excluding carboxylic acids is 1. The number of benzene rings is 2. The van der Waals surface area contributed by atoms with Gasteiger partial charge >= 0.3 is 7.12 Å². The highest BCUT2D eigenvalue weighted by atomic mass is 32.2. The summed E-state index contributed by atoms with van der Waals surface area (Å²) in [5.41, 5.74) is 2.39. The number of rotatable bonds is 7. The minimum atomic E-state index is -3.58. The van der Waals surface area contributed by atoms with Gasteiger partial charge in [-0.25, -0.2) is 8.42 Å². The third-order valence-corrected chi connectivity index (χ3v) is 8.35.